The minimum absolute atomic E-state index is 0.0325. The Morgan fingerprint density at radius 2 is 2.06 bits per heavy atom. The molecule has 2 aliphatic rings. The van der Waals surface area contributed by atoms with Crippen molar-refractivity contribution in [3.8, 4) is 17.0 Å². The van der Waals surface area contributed by atoms with Gasteiger partial charge in [0.15, 0.2) is 5.82 Å². The summed E-state index contributed by atoms with van der Waals surface area (Å²) in [6, 6.07) is 3.15. The molecule has 3 aromatic rings. The van der Waals surface area contributed by atoms with E-state index in [1.54, 1.807) is 18.3 Å². The van der Waals surface area contributed by atoms with Gasteiger partial charge in [0.05, 0.1) is 11.7 Å². The molecule has 0 radical (unpaired) electrons. The molecular formula is C25H29FN6O3. The number of anilines is 3. The second kappa shape index (κ2) is 9.18. The van der Waals surface area contributed by atoms with Crippen LogP contribution in [0.3, 0.4) is 0 Å². The number of hydrogen-bond donors (Lipinski definition) is 4. The molecule has 2 unspecified atom stereocenters. The summed E-state index contributed by atoms with van der Waals surface area (Å²) >= 11 is 0. The van der Waals surface area contributed by atoms with E-state index >= 15 is 4.39 Å². The molecule has 5 rings (SSSR count). The van der Waals surface area contributed by atoms with Gasteiger partial charge in [-0.25, -0.2) is 19.2 Å². The Balaban J connectivity index is 1.63. The number of carboxylic acid groups (broad SMARTS) is 1. The van der Waals surface area contributed by atoms with Crippen molar-refractivity contribution < 1.29 is 19.0 Å². The second-order valence-corrected chi connectivity index (χ2v) is 9.07. The van der Waals surface area contributed by atoms with E-state index in [4.69, 9.17) is 10.5 Å². The Morgan fingerprint density at radius 3 is 2.83 bits per heavy atom. The Morgan fingerprint density at radius 1 is 1.26 bits per heavy atom. The number of benzene rings is 1. The minimum atomic E-state index is -1.07. The topological polar surface area (TPSA) is 126 Å². The van der Waals surface area contributed by atoms with Gasteiger partial charge in [-0.15, -0.1) is 0 Å². The lowest BCUT2D eigenvalue weighted by atomic mass is 9.89. The molecule has 0 saturated heterocycles. The highest BCUT2D eigenvalue weighted by Crippen LogP contribution is 2.40. The molecule has 3 heterocycles. The van der Waals surface area contributed by atoms with Crippen LogP contribution in [0.15, 0.2) is 24.5 Å². The monoisotopic (exact) mass is 480 g/mol. The predicted octanol–water partition coefficient (Wildman–Crippen LogP) is 4.15. The van der Waals surface area contributed by atoms with E-state index in [0.717, 1.165) is 36.9 Å². The van der Waals surface area contributed by atoms with Gasteiger partial charge in [0.25, 0.3) is 0 Å². The molecule has 9 nitrogen and oxygen atoms in total. The van der Waals surface area contributed by atoms with Gasteiger partial charge in [0.1, 0.15) is 18.1 Å². The summed E-state index contributed by atoms with van der Waals surface area (Å²) in [7, 11) is 1.85. The molecule has 0 bridgehead atoms. The van der Waals surface area contributed by atoms with Gasteiger partial charge >= 0.3 is 6.09 Å². The molecule has 1 aliphatic carbocycles. The lowest BCUT2D eigenvalue weighted by Gasteiger charge is -2.37. The number of carbonyl (C=O) groups is 1. The Bertz CT molecular complexity index is 1300. The van der Waals surface area contributed by atoms with Gasteiger partial charge in [-0.2, -0.15) is 0 Å². The molecule has 1 aromatic carbocycles. The number of nitrogens with zero attached hydrogens (tertiary/aromatic N) is 3. The molecule has 1 amide bonds. The summed E-state index contributed by atoms with van der Waals surface area (Å²) in [4.78, 5) is 22.4. The fourth-order valence-corrected chi connectivity index (χ4v) is 5.27. The number of nitrogens with one attached hydrogen (secondary N) is 2. The smallest absolute Gasteiger partial charge is 0.413 e. The third-order valence-electron chi connectivity index (χ3n) is 7.11. The van der Waals surface area contributed by atoms with Gasteiger partial charge in [-0.05, 0) is 49.9 Å². The van der Waals surface area contributed by atoms with Crippen LogP contribution in [0.4, 0.5) is 26.4 Å². The van der Waals surface area contributed by atoms with Crippen molar-refractivity contribution in [2.75, 3.05) is 36.1 Å². The van der Waals surface area contributed by atoms with Crippen molar-refractivity contribution >= 4 is 34.1 Å². The summed E-state index contributed by atoms with van der Waals surface area (Å²) in [5, 5.41) is 17.6. The van der Waals surface area contributed by atoms with Gasteiger partial charge in [0, 0.05) is 41.5 Å². The third kappa shape index (κ3) is 3.97. The zero-order chi connectivity index (χ0) is 24.7. The van der Waals surface area contributed by atoms with E-state index in [9.17, 15) is 9.90 Å². The second-order valence-electron chi connectivity index (χ2n) is 9.07. The van der Waals surface area contributed by atoms with Crippen LogP contribution in [0.5, 0.6) is 5.88 Å². The largest absolute Gasteiger partial charge is 0.474 e. The summed E-state index contributed by atoms with van der Waals surface area (Å²) < 4.78 is 21.1. The van der Waals surface area contributed by atoms with E-state index in [0.29, 0.717) is 46.7 Å². The fraction of sp³-hybridized carbons (Fsp3) is 0.400. The van der Waals surface area contributed by atoms with Crippen molar-refractivity contribution in [3.05, 3.63) is 35.9 Å². The van der Waals surface area contributed by atoms with Crippen LogP contribution >= 0.6 is 0 Å². The first-order valence-electron chi connectivity index (χ1n) is 11.8. The fourth-order valence-electron chi connectivity index (χ4n) is 5.27. The number of amides is 1. The van der Waals surface area contributed by atoms with E-state index in [1.807, 2.05) is 14.0 Å². The zero-order valence-electron chi connectivity index (χ0n) is 19.8. The molecule has 35 heavy (non-hydrogen) atoms. The maximum absolute atomic E-state index is 15.5. The summed E-state index contributed by atoms with van der Waals surface area (Å²) in [5.41, 5.74) is 8.57. The van der Waals surface area contributed by atoms with Gasteiger partial charge < -0.3 is 26.2 Å². The molecule has 10 heteroatoms. The standard InChI is InChI=1S/C25H29FN6O3/c1-13-16(11-31-24-23(13)29-7-8-35-24)15-9-14-10-20(30-12-17(14)22(27)21(15)26)32(25(33)34)19-6-4-3-5-18(19)28-2/h9-12,18-19,28-29H,3-8,27H2,1-2H3,(H,33,34). The molecule has 1 aliphatic heterocycles. The number of pyridine rings is 2. The first-order valence-corrected chi connectivity index (χ1v) is 11.8. The quantitative estimate of drug-likeness (QED) is 0.411. The highest BCUT2D eigenvalue weighted by atomic mass is 19.1. The summed E-state index contributed by atoms with van der Waals surface area (Å²) in [6.07, 6.45) is 5.59. The van der Waals surface area contributed by atoms with Crippen molar-refractivity contribution in [1.29, 1.82) is 0 Å². The average Bonchev–Trinajstić information content (AvgIpc) is 2.87. The van der Waals surface area contributed by atoms with E-state index < -0.39 is 11.9 Å². The first-order chi connectivity index (χ1) is 16.9. The maximum atomic E-state index is 15.5. The lowest BCUT2D eigenvalue weighted by molar-refractivity contribution is 0.192. The average molecular weight is 481 g/mol. The Hall–Kier alpha value is -3.66. The molecule has 0 spiro atoms. The summed E-state index contributed by atoms with van der Waals surface area (Å²) in [5.74, 6) is 0.220. The number of fused-ring (bicyclic) bond motifs is 2. The molecule has 5 N–H and O–H groups in total. The number of rotatable bonds is 4. The predicted molar refractivity (Wildman–Crippen MR) is 134 cm³/mol. The first kappa shape index (κ1) is 23.1. The maximum Gasteiger partial charge on any atom is 0.413 e. The van der Waals surface area contributed by atoms with Gasteiger partial charge in [0.2, 0.25) is 5.88 Å². The number of ether oxygens (including phenoxy) is 1. The van der Waals surface area contributed by atoms with Gasteiger partial charge in [-0.1, -0.05) is 12.8 Å². The molecular weight excluding hydrogens is 451 g/mol. The Labute approximate surface area is 202 Å². The highest BCUT2D eigenvalue weighted by molar-refractivity contribution is 5.99. The van der Waals surface area contributed by atoms with Crippen LogP contribution in [0, 0.1) is 12.7 Å². The van der Waals surface area contributed by atoms with Crippen LogP contribution in [0.1, 0.15) is 31.2 Å². The zero-order valence-corrected chi connectivity index (χ0v) is 19.8. The normalized spacial score (nSPS) is 19.5. The van der Waals surface area contributed by atoms with Crippen molar-refractivity contribution in [1.82, 2.24) is 15.3 Å². The number of halogens is 1. The number of hydrogen-bond acceptors (Lipinski definition) is 7. The number of likely N-dealkylation sites (N-methyl/N-ethyl adjacent to an activating group) is 1. The number of nitrogen functional groups attached to an aromatic ring is 1. The van der Waals surface area contributed by atoms with Crippen molar-refractivity contribution in [3.63, 3.8) is 0 Å². The molecule has 2 atom stereocenters. The van der Waals surface area contributed by atoms with Crippen LogP contribution < -0.4 is 26.0 Å². The lowest BCUT2D eigenvalue weighted by Crippen LogP contribution is -2.53. The highest BCUT2D eigenvalue weighted by Gasteiger charge is 2.34. The molecule has 2 aromatic heterocycles. The van der Waals surface area contributed by atoms with Gasteiger partial charge in [-0.3, -0.25) is 4.90 Å². The van der Waals surface area contributed by atoms with Crippen molar-refractivity contribution in [2.45, 2.75) is 44.7 Å². The van der Waals surface area contributed by atoms with Crippen LogP contribution in [0.2, 0.25) is 0 Å². The SMILES string of the molecule is CNC1CCCCC1N(C(=O)O)c1cc2cc(-c3cnc4c(c3C)NCCO4)c(F)c(N)c2cn1. The van der Waals surface area contributed by atoms with Crippen LogP contribution in [0.25, 0.3) is 21.9 Å². The number of aromatic nitrogens is 2. The van der Waals surface area contributed by atoms with E-state index in [1.165, 1.54) is 11.1 Å². The van der Waals surface area contributed by atoms with E-state index in [-0.39, 0.29) is 17.8 Å². The molecule has 184 valence electrons. The van der Waals surface area contributed by atoms with E-state index in [2.05, 4.69) is 20.6 Å². The van der Waals surface area contributed by atoms with Crippen LogP contribution in [-0.2, 0) is 0 Å². The van der Waals surface area contributed by atoms with Crippen LogP contribution in [-0.4, -0.2) is 53.5 Å². The molecule has 1 fully saturated rings. The third-order valence-corrected chi connectivity index (χ3v) is 7.11. The summed E-state index contributed by atoms with van der Waals surface area (Å²) in [6.45, 7) is 3.03. The van der Waals surface area contributed by atoms with Crippen molar-refractivity contribution in [2.24, 2.45) is 0 Å². The molecule has 1 saturated carbocycles. The minimum Gasteiger partial charge on any atom is -0.474 e. The number of nitrogens with two attached hydrogens (primary N) is 1. The Kier molecular flexibility index (Phi) is 6.06.